The fourth-order valence-electron chi connectivity index (χ4n) is 1.93. The zero-order valence-corrected chi connectivity index (χ0v) is 10.1. The molecule has 2 N–H and O–H groups in total. The Morgan fingerprint density at radius 3 is 2.11 bits per heavy atom. The van der Waals surface area contributed by atoms with Crippen molar-refractivity contribution in [2.75, 3.05) is 0 Å². The van der Waals surface area contributed by atoms with Gasteiger partial charge in [-0.25, -0.2) is 0 Å². The summed E-state index contributed by atoms with van der Waals surface area (Å²) in [7, 11) is 0. The molecule has 0 spiro atoms. The highest BCUT2D eigenvalue weighted by Gasteiger charge is 2.09. The molecule has 0 aliphatic heterocycles. The SMILES string of the molecule is Cc1cc(-c2ccc(N=O)cc2O)cc(C)c1O. The van der Waals surface area contributed by atoms with Gasteiger partial charge in [0, 0.05) is 11.6 Å². The Hall–Kier alpha value is -2.36. The average molecular weight is 243 g/mol. The molecule has 4 nitrogen and oxygen atoms in total. The Morgan fingerprint density at radius 1 is 1.00 bits per heavy atom. The monoisotopic (exact) mass is 243 g/mol. The van der Waals surface area contributed by atoms with Crippen molar-refractivity contribution in [2.45, 2.75) is 13.8 Å². The van der Waals surface area contributed by atoms with Gasteiger partial charge < -0.3 is 10.2 Å². The van der Waals surface area contributed by atoms with Crippen molar-refractivity contribution in [1.29, 1.82) is 0 Å². The zero-order chi connectivity index (χ0) is 13.3. The summed E-state index contributed by atoms with van der Waals surface area (Å²) < 4.78 is 0. The van der Waals surface area contributed by atoms with E-state index in [1.807, 2.05) is 0 Å². The van der Waals surface area contributed by atoms with E-state index >= 15 is 0 Å². The van der Waals surface area contributed by atoms with E-state index in [1.54, 1.807) is 38.1 Å². The summed E-state index contributed by atoms with van der Waals surface area (Å²) in [6, 6.07) is 8.06. The number of hydrogen-bond acceptors (Lipinski definition) is 4. The van der Waals surface area contributed by atoms with Gasteiger partial charge >= 0.3 is 0 Å². The number of nitroso groups, excluding NO2 is 1. The van der Waals surface area contributed by atoms with Gasteiger partial charge in [0.15, 0.2) is 0 Å². The number of aryl methyl sites for hydroxylation is 2. The van der Waals surface area contributed by atoms with Gasteiger partial charge in [-0.2, -0.15) is 0 Å². The third kappa shape index (κ3) is 2.05. The highest BCUT2D eigenvalue weighted by molar-refractivity contribution is 5.74. The molecule has 0 heterocycles. The molecule has 0 aromatic heterocycles. The minimum absolute atomic E-state index is 0.00316. The van der Waals surface area contributed by atoms with Gasteiger partial charge in [-0.15, -0.1) is 4.91 Å². The maximum absolute atomic E-state index is 10.4. The maximum atomic E-state index is 10.4. The lowest BCUT2D eigenvalue weighted by Crippen LogP contribution is -1.85. The summed E-state index contributed by atoms with van der Waals surface area (Å²) in [6.07, 6.45) is 0. The van der Waals surface area contributed by atoms with Crippen LogP contribution >= 0.6 is 0 Å². The van der Waals surface area contributed by atoms with E-state index in [0.717, 1.165) is 16.7 Å². The normalized spacial score (nSPS) is 10.3. The largest absolute Gasteiger partial charge is 0.507 e. The first-order chi connectivity index (χ1) is 8.52. The van der Waals surface area contributed by atoms with Crippen LogP contribution in [0.15, 0.2) is 35.5 Å². The number of nitrogens with zero attached hydrogens (tertiary/aromatic N) is 1. The first-order valence-electron chi connectivity index (χ1n) is 5.50. The van der Waals surface area contributed by atoms with Crippen LogP contribution in [0.4, 0.5) is 5.69 Å². The Labute approximate surface area is 105 Å². The molecular weight excluding hydrogens is 230 g/mol. The highest BCUT2D eigenvalue weighted by Crippen LogP contribution is 2.35. The molecule has 0 aliphatic carbocycles. The van der Waals surface area contributed by atoms with Gasteiger partial charge in [0.05, 0.1) is 0 Å². The molecule has 0 bridgehead atoms. The van der Waals surface area contributed by atoms with E-state index in [0.29, 0.717) is 5.56 Å². The Bertz CT molecular complexity index is 597. The van der Waals surface area contributed by atoms with Gasteiger partial charge in [-0.3, -0.25) is 0 Å². The molecule has 0 unspecified atom stereocenters. The van der Waals surface area contributed by atoms with Crippen LogP contribution in [-0.4, -0.2) is 10.2 Å². The minimum atomic E-state index is -0.00316. The van der Waals surface area contributed by atoms with Crippen LogP contribution < -0.4 is 0 Å². The topological polar surface area (TPSA) is 69.9 Å². The summed E-state index contributed by atoms with van der Waals surface area (Å²) in [5, 5.41) is 22.3. The fraction of sp³-hybridized carbons (Fsp3) is 0.143. The molecule has 2 aromatic rings. The standard InChI is InChI=1S/C14H13NO3/c1-8-5-10(6-9(2)14(8)17)12-4-3-11(15-18)7-13(12)16/h3-7,16-17H,1-2H3. The molecule has 2 aromatic carbocycles. The first-order valence-corrected chi connectivity index (χ1v) is 5.50. The molecule has 4 heteroatoms. The number of phenols is 2. The van der Waals surface area contributed by atoms with E-state index in [1.165, 1.54) is 6.07 Å². The Morgan fingerprint density at radius 2 is 1.61 bits per heavy atom. The molecule has 0 radical (unpaired) electrons. The molecule has 0 saturated heterocycles. The summed E-state index contributed by atoms with van der Waals surface area (Å²) in [5.74, 6) is 0.251. The van der Waals surface area contributed by atoms with E-state index in [9.17, 15) is 15.1 Å². The lowest BCUT2D eigenvalue weighted by Gasteiger charge is -2.09. The molecule has 0 aliphatic rings. The second-order valence-corrected chi connectivity index (χ2v) is 4.25. The van der Waals surface area contributed by atoms with Crippen molar-refractivity contribution in [3.8, 4) is 22.6 Å². The summed E-state index contributed by atoms with van der Waals surface area (Å²) in [4.78, 5) is 10.4. The van der Waals surface area contributed by atoms with Crippen LogP contribution in [-0.2, 0) is 0 Å². The molecule has 0 saturated carbocycles. The number of aromatic hydroxyl groups is 2. The summed E-state index contributed by atoms with van der Waals surface area (Å²) in [6.45, 7) is 3.59. The summed E-state index contributed by atoms with van der Waals surface area (Å²) in [5.41, 5.74) is 3.05. The predicted octanol–water partition coefficient (Wildman–Crippen LogP) is 3.78. The van der Waals surface area contributed by atoms with Gasteiger partial charge in [0.25, 0.3) is 0 Å². The van der Waals surface area contributed by atoms with Crippen molar-refractivity contribution in [2.24, 2.45) is 5.18 Å². The van der Waals surface area contributed by atoms with Crippen LogP contribution in [0.1, 0.15) is 11.1 Å². The van der Waals surface area contributed by atoms with Crippen molar-refractivity contribution < 1.29 is 10.2 Å². The molecule has 0 atom stereocenters. The number of hydrogen-bond donors (Lipinski definition) is 2. The third-order valence-electron chi connectivity index (χ3n) is 2.89. The van der Waals surface area contributed by atoms with Crippen LogP contribution in [0.3, 0.4) is 0 Å². The van der Waals surface area contributed by atoms with Gasteiger partial charge in [-0.05, 0) is 60.0 Å². The van der Waals surface area contributed by atoms with Crippen molar-refractivity contribution in [3.63, 3.8) is 0 Å². The van der Waals surface area contributed by atoms with E-state index in [4.69, 9.17) is 0 Å². The van der Waals surface area contributed by atoms with Gasteiger partial charge in [-0.1, -0.05) is 0 Å². The second-order valence-electron chi connectivity index (χ2n) is 4.25. The molecule has 2 rings (SSSR count). The highest BCUT2D eigenvalue weighted by atomic mass is 16.3. The maximum Gasteiger partial charge on any atom is 0.125 e. The van der Waals surface area contributed by atoms with Crippen molar-refractivity contribution >= 4 is 5.69 Å². The van der Waals surface area contributed by atoms with Crippen LogP contribution in [0.25, 0.3) is 11.1 Å². The minimum Gasteiger partial charge on any atom is -0.507 e. The number of rotatable bonds is 2. The third-order valence-corrected chi connectivity index (χ3v) is 2.89. The molecule has 92 valence electrons. The molecule has 18 heavy (non-hydrogen) atoms. The fourth-order valence-corrected chi connectivity index (χ4v) is 1.93. The number of phenolic OH excluding ortho intramolecular Hbond substituents is 2. The van der Waals surface area contributed by atoms with E-state index < -0.39 is 0 Å². The first kappa shape index (κ1) is 12.1. The van der Waals surface area contributed by atoms with Crippen molar-refractivity contribution in [1.82, 2.24) is 0 Å². The van der Waals surface area contributed by atoms with Gasteiger partial charge in [0.2, 0.25) is 0 Å². The van der Waals surface area contributed by atoms with Crippen molar-refractivity contribution in [3.05, 3.63) is 46.4 Å². The van der Waals surface area contributed by atoms with E-state index in [2.05, 4.69) is 5.18 Å². The smallest absolute Gasteiger partial charge is 0.125 e. The lowest BCUT2D eigenvalue weighted by molar-refractivity contribution is 0.466. The lowest BCUT2D eigenvalue weighted by atomic mass is 9.99. The summed E-state index contributed by atoms with van der Waals surface area (Å²) >= 11 is 0. The van der Waals surface area contributed by atoms with Crippen LogP contribution in [0.5, 0.6) is 11.5 Å². The Balaban J connectivity index is 2.59. The quantitative estimate of drug-likeness (QED) is 0.788. The molecule has 0 amide bonds. The van der Waals surface area contributed by atoms with E-state index in [-0.39, 0.29) is 17.2 Å². The van der Waals surface area contributed by atoms with Crippen LogP contribution in [0.2, 0.25) is 0 Å². The molecular formula is C14H13NO3. The molecule has 0 fully saturated rings. The average Bonchev–Trinajstić information content (AvgIpc) is 2.35. The van der Waals surface area contributed by atoms with Gasteiger partial charge in [0.1, 0.15) is 17.2 Å². The predicted molar refractivity (Wildman–Crippen MR) is 70.1 cm³/mol. The number of benzene rings is 2. The Kier molecular flexibility index (Phi) is 3.02. The zero-order valence-electron chi connectivity index (χ0n) is 10.1. The van der Waals surface area contributed by atoms with Crippen LogP contribution in [0, 0.1) is 18.8 Å². The second kappa shape index (κ2) is 4.49.